The number of aryl methyl sites for hydroxylation is 2. The van der Waals surface area contributed by atoms with Crippen LogP contribution in [0.1, 0.15) is 131 Å². The molecule has 0 radical (unpaired) electrons. The fourth-order valence-corrected chi connectivity index (χ4v) is 8.64. The van der Waals surface area contributed by atoms with Crippen molar-refractivity contribution in [1.29, 1.82) is 0 Å². The molecular weight excluding hydrogens is 775 g/mol. The van der Waals surface area contributed by atoms with Crippen LogP contribution in [0.25, 0.3) is 43.8 Å². The number of hydrogen-bond donors (Lipinski definition) is 0. The molecule has 54 heavy (non-hydrogen) atoms. The molecule has 0 amide bonds. The molecule has 0 aliphatic heterocycles. The topological polar surface area (TPSA) is 0 Å². The van der Waals surface area contributed by atoms with Crippen molar-refractivity contribution in [3.8, 4) is 22.3 Å². The minimum atomic E-state index is 0. The van der Waals surface area contributed by atoms with Gasteiger partial charge in [0.15, 0.2) is 0 Å². The molecule has 0 unspecified atom stereocenters. The van der Waals surface area contributed by atoms with Gasteiger partial charge in [-0.2, -0.15) is 12.1 Å². The molecule has 0 saturated heterocycles. The summed E-state index contributed by atoms with van der Waals surface area (Å²) < 4.78 is 0. The van der Waals surface area contributed by atoms with Crippen LogP contribution in [0.2, 0.25) is 0 Å². The SMILES string of the molecule is CCCc1ccc(-c2cccc3[cH-]c(C4CCCCC4)cc23)cc1.CCCc1ccc(-c2cccc3[cH-]c(C4CCCCC4)cc23)cc1.[CH2-]C[CH2-].[Cl-].[Cl-].[Zr+2]. The second-order valence-electron chi connectivity index (χ2n) is 15.1. The van der Waals surface area contributed by atoms with E-state index in [0.717, 1.165) is 18.3 Å². The van der Waals surface area contributed by atoms with Crippen LogP contribution in [0.15, 0.2) is 109 Å². The van der Waals surface area contributed by atoms with Crippen molar-refractivity contribution in [1.82, 2.24) is 0 Å². The molecule has 0 bridgehead atoms. The van der Waals surface area contributed by atoms with Gasteiger partial charge in [-0.1, -0.05) is 137 Å². The van der Waals surface area contributed by atoms with Crippen LogP contribution in [0, 0.1) is 13.8 Å². The summed E-state index contributed by atoms with van der Waals surface area (Å²) >= 11 is 0. The zero-order valence-electron chi connectivity index (χ0n) is 32.8. The Morgan fingerprint density at radius 3 is 1.20 bits per heavy atom. The Kier molecular flexibility index (Phi) is 20.1. The standard InChI is InChI=1S/2C24H27.C3H6.2ClH.Zr/c2*1-2-7-18-12-14-20(15-13-18)23-11-6-10-21-16-22(17-24(21)23)19-8-4-3-5-9-19;1-3-2;;;/h2*6,10-17,19H,2-5,7-9H2,1H3;1-3H2;2*1H;/q2*-1;-2;;;+2/p-2. The first-order valence-electron chi connectivity index (χ1n) is 20.3. The van der Waals surface area contributed by atoms with E-state index in [1.807, 2.05) is 0 Å². The third-order valence-electron chi connectivity index (χ3n) is 11.3. The van der Waals surface area contributed by atoms with Gasteiger partial charge in [-0.25, -0.2) is 0 Å². The number of halogens is 2. The number of hydrogen-bond acceptors (Lipinski definition) is 0. The first kappa shape index (κ1) is 45.9. The molecule has 2 fully saturated rings. The molecule has 0 spiro atoms. The molecule has 8 rings (SSSR count). The second-order valence-corrected chi connectivity index (χ2v) is 15.1. The minimum absolute atomic E-state index is 0. The molecule has 6 aromatic rings. The van der Waals surface area contributed by atoms with Crippen LogP contribution in [0.4, 0.5) is 0 Å². The Morgan fingerprint density at radius 1 is 0.519 bits per heavy atom. The summed E-state index contributed by atoms with van der Waals surface area (Å²) in [6.45, 7) is 11.2. The van der Waals surface area contributed by atoms with Gasteiger partial charge in [-0.3, -0.25) is 0 Å². The molecule has 286 valence electrons. The Bertz CT molecular complexity index is 1770. The normalized spacial score (nSPS) is 14.4. The van der Waals surface area contributed by atoms with Gasteiger partial charge in [0.2, 0.25) is 0 Å². The van der Waals surface area contributed by atoms with E-state index in [2.05, 4.69) is 137 Å². The van der Waals surface area contributed by atoms with Crippen molar-refractivity contribution in [3.63, 3.8) is 0 Å². The average molecular weight is 835 g/mol. The van der Waals surface area contributed by atoms with Crippen LogP contribution in [0.3, 0.4) is 0 Å². The molecule has 0 aromatic heterocycles. The van der Waals surface area contributed by atoms with E-state index in [0.29, 0.717) is 0 Å². The molecule has 0 nitrogen and oxygen atoms in total. The molecule has 2 aliphatic rings. The molecular formula is C51H60Cl2Zr-4. The minimum Gasteiger partial charge on any atom is -1.00 e. The Balaban J connectivity index is 0.000000257. The molecule has 6 aromatic carbocycles. The van der Waals surface area contributed by atoms with Crippen LogP contribution >= 0.6 is 0 Å². The van der Waals surface area contributed by atoms with Crippen molar-refractivity contribution < 1.29 is 51.0 Å². The summed E-state index contributed by atoms with van der Waals surface area (Å²) in [5, 5.41) is 5.68. The molecule has 0 heterocycles. The van der Waals surface area contributed by atoms with E-state index in [4.69, 9.17) is 0 Å². The van der Waals surface area contributed by atoms with Gasteiger partial charge in [-0.05, 0) is 72.6 Å². The van der Waals surface area contributed by atoms with Gasteiger partial charge in [0.05, 0.1) is 0 Å². The predicted octanol–water partition coefficient (Wildman–Crippen LogP) is 9.50. The Labute approximate surface area is 359 Å². The quantitative estimate of drug-likeness (QED) is 0.134. The monoisotopic (exact) mass is 832 g/mol. The van der Waals surface area contributed by atoms with Gasteiger partial charge in [0, 0.05) is 0 Å². The summed E-state index contributed by atoms with van der Waals surface area (Å²) in [7, 11) is 0. The van der Waals surface area contributed by atoms with E-state index < -0.39 is 0 Å². The van der Waals surface area contributed by atoms with Gasteiger partial charge >= 0.3 is 26.2 Å². The summed E-state index contributed by atoms with van der Waals surface area (Å²) in [5.74, 6) is 1.57. The third-order valence-corrected chi connectivity index (χ3v) is 11.3. The van der Waals surface area contributed by atoms with Gasteiger partial charge in [0.1, 0.15) is 0 Å². The second kappa shape index (κ2) is 23.6. The summed E-state index contributed by atoms with van der Waals surface area (Å²) in [4.78, 5) is 0. The number of rotatable bonds is 8. The summed E-state index contributed by atoms with van der Waals surface area (Å²) in [6.07, 6.45) is 19.5. The molecule has 2 saturated carbocycles. The average Bonchev–Trinajstić information content (AvgIpc) is 3.83. The number of fused-ring (bicyclic) bond motifs is 2. The summed E-state index contributed by atoms with van der Waals surface area (Å²) in [6, 6.07) is 41.7. The van der Waals surface area contributed by atoms with Gasteiger partial charge < -0.3 is 45.1 Å². The summed E-state index contributed by atoms with van der Waals surface area (Å²) in [5.41, 5.74) is 11.5. The fourth-order valence-electron chi connectivity index (χ4n) is 8.64. The van der Waals surface area contributed by atoms with Crippen molar-refractivity contribution in [2.75, 3.05) is 0 Å². The molecule has 3 heteroatoms. The smallest absolute Gasteiger partial charge is 1.00 e. The zero-order chi connectivity index (χ0) is 35.4. The predicted molar refractivity (Wildman–Crippen MR) is 225 cm³/mol. The van der Waals surface area contributed by atoms with Crippen molar-refractivity contribution in [3.05, 3.63) is 145 Å². The van der Waals surface area contributed by atoms with E-state index in [1.165, 1.54) is 145 Å². The zero-order valence-corrected chi connectivity index (χ0v) is 36.8. The molecule has 0 N–H and O–H groups in total. The fraction of sp³-hybridized carbons (Fsp3) is 0.373. The first-order valence-corrected chi connectivity index (χ1v) is 20.3. The third kappa shape index (κ3) is 11.8. The van der Waals surface area contributed by atoms with E-state index in [1.54, 1.807) is 11.1 Å². The van der Waals surface area contributed by atoms with Gasteiger partial charge in [-0.15, -0.1) is 69.1 Å². The largest absolute Gasteiger partial charge is 2.00 e. The first-order chi connectivity index (χ1) is 25.1. The van der Waals surface area contributed by atoms with Crippen LogP contribution < -0.4 is 24.8 Å². The van der Waals surface area contributed by atoms with E-state index >= 15 is 0 Å². The maximum atomic E-state index is 3.38. The van der Waals surface area contributed by atoms with Crippen LogP contribution in [0.5, 0.6) is 0 Å². The number of benzene rings is 4. The Hall–Kier alpha value is -2.44. The van der Waals surface area contributed by atoms with Gasteiger partial charge in [0.25, 0.3) is 0 Å². The maximum absolute atomic E-state index is 3.38. The Morgan fingerprint density at radius 2 is 0.870 bits per heavy atom. The maximum Gasteiger partial charge on any atom is 2.00 e. The van der Waals surface area contributed by atoms with Crippen molar-refractivity contribution in [2.24, 2.45) is 0 Å². The van der Waals surface area contributed by atoms with Crippen LogP contribution in [-0.4, -0.2) is 0 Å². The molecule has 2 aliphatic carbocycles. The van der Waals surface area contributed by atoms with Crippen molar-refractivity contribution in [2.45, 2.75) is 122 Å². The molecule has 0 atom stereocenters. The van der Waals surface area contributed by atoms with Crippen molar-refractivity contribution >= 4 is 21.5 Å². The van der Waals surface area contributed by atoms with E-state index in [-0.39, 0.29) is 51.0 Å². The van der Waals surface area contributed by atoms with E-state index in [9.17, 15) is 0 Å². The van der Waals surface area contributed by atoms with Crippen LogP contribution in [-0.2, 0) is 39.0 Å².